The van der Waals surface area contributed by atoms with E-state index < -0.39 is 0 Å². The first-order chi connectivity index (χ1) is 14.5. The maximum Gasteiger partial charge on any atom is 0.246 e. The van der Waals surface area contributed by atoms with Crippen molar-refractivity contribution in [3.05, 3.63) is 35.4 Å². The number of carbonyl (C=O) groups excluding carboxylic acids is 2. The summed E-state index contributed by atoms with van der Waals surface area (Å²) in [6, 6.07) is 3.83. The highest BCUT2D eigenvalue weighted by molar-refractivity contribution is 6.31. The molecule has 1 aromatic rings. The van der Waals surface area contributed by atoms with Crippen molar-refractivity contribution in [2.75, 3.05) is 51.1 Å². The summed E-state index contributed by atoms with van der Waals surface area (Å²) in [6.07, 6.45) is 4.80. The van der Waals surface area contributed by atoms with E-state index in [0.29, 0.717) is 35.8 Å². The van der Waals surface area contributed by atoms with Crippen molar-refractivity contribution in [1.29, 1.82) is 0 Å². The van der Waals surface area contributed by atoms with Crippen LogP contribution in [0.2, 0.25) is 5.02 Å². The largest absolute Gasteiger partial charge is 0.506 e. The van der Waals surface area contributed by atoms with E-state index in [9.17, 15) is 14.7 Å². The zero-order valence-electron chi connectivity index (χ0n) is 17.1. The third-order valence-corrected chi connectivity index (χ3v) is 6.95. The number of hydrogen-bond donors (Lipinski definition) is 2. The normalized spacial score (nSPS) is 20.4. The van der Waals surface area contributed by atoms with Crippen LogP contribution < -0.4 is 5.32 Å². The molecule has 0 aromatic heterocycles. The lowest BCUT2D eigenvalue weighted by Gasteiger charge is -2.47. The Morgan fingerprint density at radius 3 is 2.47 bits per heavy atom. The second-order valence-corrected chi connectivity index (χ2v) is 8.80. The van der Waals surface area contributed by atoms with E-state index in [1.165, 1.54) is 12.5 Å². The number of carbonyl (C=O) groups is 2. The van der Waals surface area contributed by atoms with E-state index in [-0.39, 0.29) is 24.1 Å². The molecule has 30 heavy (non-hydrogen) atoms. The molecular formula is C22H29ClN4O3. The van der Waals surface area contributed by atoms with Crippen LogP contribution in [0.3, 0.4) is 0 Å². The Morgan fingerprint density at radius 2 is 1.87 bits per heavy atom. The van der Waals surface area contributed by atoms with Crippen LogP contribution in [-0.4, -0.2) is 83.5 Å². The van der Waals surface area contributed by atoms with Gasteiger partial charge in [0.2, 0.25) is 11.8 Å². The summed E-state index contributed by atoms with van der Waals surface area (Å²) in [6.45, 7) is 8.10. The lowest BCUT2D eigenvalue weighted by atomic mass is 9.80. The molecule has 2 aliphatic heterocycles. The fourth-order valence-corrected chi connectivity index (χ4v) is 4.68. The Hall–Kier alpha value is -2.25. The Labute approximate surface area is 182 Å². The molecule has 2 heterocycles. The Balaban J connectivity index is 1.25. The monoisotopic (exact) mass is 432 g/mol. The summed E-state index contributed by atoms with van der Waals surface area (Å²) in [5.41, 5.74) is 1.61. The molecule has 0 radical (unpaired) electrons. The van der Waals surface area contributed by atoms with E-state index in [1.807, 2.05) is 11.0 Å². The molecule has 1 saturated carbocycles. The van der Waals surface area contributed by atoms with Gasteiger partial charge in [-0.05, 0) is 36.5 Å². The molecule has 2 amide bonds. The summed E-state index contributed by atoms with van der Waals surface area (Å²) in [7, 11) is 0. The standard InChI is InChI=1S/C22H29ClN4O3/c1-2-21(29)27-13-16(14-27)25-6-8-26(9-7-25)22(30)12-24-19-10-17(15-4-3-5-15)18(23)11-20(19)28/h2,10-11,15-16,24,28H,1,3-9,12-14H2. The van der Waals surface area contributed by atoms with E-state index in [2.05, 4.69) is 16.8 Å². The van der Waals surface area contributed by atoms with Crippen LogP contribution in [0.1, 0.15) is 30.7 Å². The highest BCUT2D eigenvalue weighted by Gasteiger charge is 2.35. The molecule has 8 heteroatoms. The Kier molecular flexibility index (Phi) is 6.20. The minimum absolute atomic E-state index is 0.0166. The molecule has 162 valence electrons. The van der Waals surface area contributed by atoms with E-state index >= 15 is 0 Å². The predicted molar refractivity (Wildman–Crippen MR) is 117 cm³/mol. The number of phenolic OH excluding ortho intramolecular Hbond substituents is 1. The molecule has 2 N–H and O–H groups in total. The van der Waals surface area contributed by atoms with Crippen LogP contribution in [0.4, 0.5) is 5.69 Å². The number of piperazine rings is 1. The number of rotatable bonds is 6. The van der Waals surface area contributed by atoms with Gasteiger partial charge in [0.15, 0.2) is 0 Å². The van der Waals surface area contributed by atoms with Gasteiger partial charge in [-0.15, -0.1) is 0 Å². The minimum Gasteiger partial charge on any atom is -0.506 e. The Bertz CT molecular complexity index is 828. The van der Waals surface area contributed by atoms with Crippen molar-refractivity contribution < 1.29 is 14.7 Å². The number of benzene rings is 1. The fourth-order valence-electron chi connectivity index (χ4n) is 4.37. The van der Waals surface area contributed by atoms with Gasteiger partial charge in [-0.1, -0.05) is 24.6 Å². The van der Waals surface area contributed by atoms with Crippen molar-refractivity contribution in [3.8, 4) is 5.75 Å². The summed E-state index contributed by atoms with van der Waals surface area (Å²) in [4.78, 5) is 30.2. The van der Waals surface area contributed by atoms with Crippen LogP contribution in [0, 0.1) is 0 Å². The number of amides is 2. The number of aromatic hydroxyl groups is 1. The van der Waals surface area contributed by atoms with Gasteiger partial charge in [-0.3, -0.25) is 14.5 Å². The third-order valence-electron chi connectivity index (χ3n) is 6.62. The molecule has 4 rings (SSSR count). The zero-order valence-corrected chi connectivity index (χ0v) is 17.9. The van der Waals surface area contributed by atoms with Gasteiger partial charge in [-0.25, -0.2) is 0 Å². The van der Waals surface area contributed by atoms with Gasteiger partial charge in [0.25, 0.3) is 0 Å². The zero-order chi connectivity index (χ0) is 21.3. The van der Waals surface area contributed by atoms with Crippen molar-refractivity contribution in [2.24, 2.45) is 0 Å². The molecule has 0 atom stereocenters. The second kappa shape index (κ2) is 8.86. The number of phenols is 1. The van der Waals surface area contributed by atoms with E-state index in [1.54, 1.807) is 11.0 Å². The summed E-state index contributed by atoms with van der Waals surface area (Å²) < 4.78 is 0. The molecule has 1 aliphatic carbocycles. The number of anilines is 1. The van der Waals surface area contributed by atoms with Crippen LogP contribution in [0.25, 0.3) is 0 Å². The molecule has 3 aliphatic rings. The first-order valence-electron chi connectivity index (χ1n) is 10.7. The lowest BCUT2D eigenvalue weighted by molar-refractivity contribution is -0.135. The molecular weight excluding hydrogens is 404 g/mol. The maximum atomic E-state index is 12.6. The maximum absolute atomic E-state index is 12.6. The SMILES string of the molecule is C=CC(=O)N1CC(N2CCN(C(=O)CNc3cc(C4CCC4)c(Cl)cc3O)CC2)C1. The van der Waals surface area contributed by atoms with Crippen LogP contribution in [0.5, 0.6) is 5.75 Å². The highest BCUT2D eigenvalue weighted by atomic mass is 35.5. The molecule has 0 bridgehead atoms. The quantitative estimate of drug-likeness (QED) is 0.532. The third kappa shape index (κ3) is 4.27. The molecule has 0 spiro atoms. The van der Waals surface area contributed by atoms with Gasteiger partial charge < -0.3 is 20.2 Å². The number of nitrogens with one attached hydrogen (secondary N) is 1. The first kappa shape index (κ1) is 21.0. The second-order valence-electron chi connectivity index (χ2n) is 8.39. The average molecular weight is 433 g/mol. The lowest BCUT2D eigenvalue weighted by Crippen LogP contribution is -2.64. The highest BCUT2D eigenvalue weighted by Crippen LogP contribution is 2.43. The van der Waals surface area contributed by atoms with Crippen molar-refractivity contribution in [3.63, 3.8) is 0 Å². The van der Waals surface area contributed by atoms with Gasteiger partial charge in [-0.2, -0.15) is 0 Å². The van der Waals surface area contributed by atoms with Crippen LogP contribution in [0.15, 0.2) is 24.8 Å². The van der Waals surface area contributed by atoms with Gasteiger partial charge in [0.05, 0.1) is 12.2 Å². The molecule has 3 fully saturated rings. The van der Waals surface area contributed by atoms with Gasteiger partial charge in [0.1, 0.15) is 5.75 Å². The van der Waals surface area contributed by atoms with Crippen LogP contribution >= 0.6 is 11.6 Å². The van der Waals surface area contributed by atoms with E-state index in [0.717, 1.165) is 44.6 Å². The molecule has 7 nitrogen and oxygen atoms in total. The Morgan fingerprint density at radius 1 is 1.17 bits per heavy atom. The van der Waals surface area contributed by atoms with Crippen LogP contribution in [-0.2, 0) is 9.59 Å². The van der Waals surface area contributed by atoms with Crippen molar-refractivity contribution in [2.45, 2.75) is 31.2 Å². The number of likely N-dealkylation sites (tertiary alicyclic amines) is 1. The molecule has 2 saturated heterocycles. The predicted octanol–water partition coefficient (Wildman–Crippen LogP) is 2.27. The fraction of sp³-hybridized carbons (Fsp3) is 0.545. The summed E-state index contributed by atoms with van der Waals surface area (Å²) in [5, 5.41) is 13.9. The number of halogens is 1. The van der Waals surface area contributed by atoms with E-state index in [4.69, 9.17) is 11.6 Å². The number of hydrogen-bond acceptors (Lipinski definition) is 5. The topological polar surface area (TPSA) is 76.1 Å². The molecule has 1 aromatic carbocycles. The summed E-state index contributed by atoms with van der Waals surface area (Å²) in [5.74, 6) is 0.527. The first-order valence-corrected chi connectivity index (χ1v) is 11.0. The smallest absolute Gasteiger partial charge is 0.246 e. The summed E-state index contributed by atoms with van der Waals surface area (Å²) >= 11 is 6.29. The minimum atomic E-state index is -0.0166. The average Bonchev–Trinajstić information content (AvgIpc) is 2.66. The van der Waals surface area contributed by atoms with Crippen molar-refractivity contribution in [1.82, 2.24) is 14.7 Å². The number of nitrogens with zero attached hydrogens (tertiary/aromatic N) is 3. The van der Waals surface area contributed by atoms with Gasteiger partial charge >= 0.3 is 0 Å². The van der Waals surface area contributed by atoms with Crippen molar-refractivity contribution >= 4 is 29.1 Å². The van der Waals surface area contributed by atoms with Gasteiger partial charge in [0, 0.05) is 56.4 Å². The molecule has 0 unspecified atom stereocenters.